The molecule has 22 heavy (non-hydrogen) atoms. The predicted molar refractivity (Wildman–Crippen MR) is 83.7 cm³/mol. The van der Waals surface area contributed by atoms with E-state index < -0.39 is 0 Å². The van der Waals surface area contributed by atoms with E-state index in [1.165, 1.54) is 0 Å². The van der Waals surface area contributed by atoms with Crippen LogP contribution in [-0.4, -0.2) is 36.3 Å². The number of hydrogen-bond acceptors (Lipinski definition) is 5. The number of ether oxygens (including phenoxy) is 3. The Morgan fingerprint density at radius 2 is 1.59 bits per heavy atom. The highest BCUT2D eigenvalue weighted by atomic mass is 16.5. The molecule has 0 radical (unpaired) electrons. The van der Waals surface area contributed by atoms with Crippen molar-refractivity contribution in [1.82, 2.24) is 15.0 Å². The number of aromatic nitrogens is 3. The summed E-state index contributed by atoms with van der Waals surface area (Å²) in [6.07, 6.45) is 0. The van der Waals surface area contributed by atoms with Crippen LogP contribution < -0.4 is 14.2 Å². The van der Waals surface area contributed by atoms with Crippen LogP contribution in [0.4, 0.5) is 0 Å². The normalized spacial score (nSPS) is 10.7. The number of nitrogens with zero attached hydrogens (tertiary/aromatic N) is 2. The topological polar surface area (TPSA) is 69.3 Å². The number of nitrogens with one attached hydrogen (secondary N) is 1. The van der Waals surface area contributed by atoms with E-state index in [0.717, 1.165) is 27.9 Å². The Bertz CT molecular complexity index is 805. The molecule has 0 atom stereocenters. The van der Waals surface area contributed by atoms with Gasteiger partial charge in [0.2, 0.25) is 11.8 Å². The van der Waals surface area contributed by atoms with E-state index in [2.05, 4.69) is 15.0 Å². The van der Waals surface area contributed by atoms with Gasteiger partial charge in [0, 0.05) is 22.2 Å². The van der Waals surface area contributed by atoms with Crippen molar-refractivity contribution in [1.29, 1.82) is 0 Å². The molecule has 0 bridgehead atoms. The van der Waals surface area contributed by atoms with Crippen molar-refractivity contribution >= 4 is 10.9 Å². The number of aryl methyl sites for hydroxylation is 1. The van der Waals surface area contributed by atoms with E-state index in [0.29, 0.717) is 17.6 Å². The second-order valence-electron chi connectivity index (χ2n) is 4.81. The summed E-state index contributed by atoms with van der Waals surface area (Å²) in [6, 6.07) is 7.49. The summed E-state index contributed by atoms with van der Waals surface area (Å²) in [5.74, 6) is 2.24. The van der Waals surface area contributed by atoms with Crippen LogP contribution in [-0.2, 0) is 0 Å². The summed E-state index contributed by atoms with van der Waals surface area (Å²) in [5, 5.41) is 0.993. The van der Waals surface area contributed by atoms with E-state index in [-0.39, 0.29) is 0 Å². The quantitative estimate of drug-likeness (QED) is 0.802. The number of benzene rings is 1. The molecule has 0 aliphatic carbocycles. The third kappa shape index (κ3) is 2.32. The zero-order valence-corrected chi connectivity index (χ0v) is 12.9. The highest BCUT2D eigenvalue weighted by Gasteiger charge is 2.16. The van der Waals surface area contributed by atoms with Crippen molar-refractivity contribution in [3.8, 4) is 28.9 Å². The molecular weight excluding hydrogens is 282 g/mol. The molecule has 0 unspecified atom stereocenters. The summed E-state index contributed by atoms with van der Waals surface area (Å²) in [5.41, 5.74) is 2.88. The van der Waals surface area contributed by atoms with Gasteiger partial charge in [-0.2, -0.15) is 9.97 Å². The molecule has 0 amide bonds. The Morgan fingerprint density at radius 3 is 2.18 bits per heavy atom. The molecule has 6 heteroatoms. The Hall–Kier alpha value is -2.76. The number of H-pyrrole nitrogens is 1. The highest BCUT2D eigenvalue weighted by molar-refractivity contribution is 5.96. The van der Waals surface area contributed by atoms with E-state index >= 15 is 0 Å². The van der Waals surface area contributed by atoms with E-state index in [1.54, 1.807) is 27.4 Å². The molecule has 0 aliphatic heterocycles. The van der Waals surface area contributed by atoms with Crippen LogP contribution in [0.2, 0.25) is 0 Å². The smallest absolute Gasteiger partial charge is 0.220 e. The van der Waals surface area contributed by atoms with Gasteiger partial charge in [-0.3, -0.25) is 0 Å². The van der Waals surface area contributed by atoms with Gasteiger partial charge in [0.1, 0.15) is 5.75 Å². The minimum Gasteiger partial charge on any atom is -0.497 e. The highest BCUT2D eigenvalue weighted by Crippen LogP contribution is 2.34. The van der Waals surface area contributed by atoms with E-state index in [4.69, 9.17) is 14.2 Å². The molecule has 3 rings (SSSR count). The monoisotopic (exact) mass is 299 g/mol. The second kappa shape index (κ2) is 5.55. The molecule has 1 N–H and O–H groups in total. The van der Waals surface area contributed by atoms with Gasteiger partial charge in [-0.05, 0) is 25.1 Å². The van der Waals surface area contributed by atoms with Crippen LogP contribution in [0.1, 0.15) is 5.69 Å². The maximum atomic E-state index is 5.31. The SMILES string of the molecule is COc1ccc2[nH]c(C)c(-c3nc(OC)cc(OC)n3)c2c1. The molecule has 0 saturated carbocycles. The largest absolute Gasteiger partial charge is 0.497 e. The fourth-order valence-electron chi connectivity index (χ4n) is 2.45. The van der Waals surface area contributed by atoms with Crippen molar-refractivity contribution in [2.45, 2.75) is 6.92 Å². The number of aromatic amines is 1. The molecule has 0 spiro atoms. The Balaban J connectivity index is 2.27. The average Bonchev–Trinajstić information content (AvgIpc) is 2.88. The lowest BCUT2D eigenvalue weighted by molar-refractivity contribution is 0.373. The van der Waals surface area contributed by atoms with Crippen LogP contribution in [0.15, 0.2) is 24.3 Å². The van der Waals surface area contributed by atoms with E-state index in [1.807, 2.05) is 25.1 Å². The van der Waals surface area contributed by atoms with Gasteiger partial charge in [0.15, 0.2) is 5.82 Å². The average molecular weight is 299 g/mol. The minimum atomic E-state index is 0.457. The number of hydrogen-bond donors (Lipinski definition) is 1. The molecule has 6 nitrogen and oxygen atoms in total. The summed E-state index contributed by atoms with van der Waals surface area (Å²) >= 11 is 0. The molecule has 114 valence electrons. The van der Waals surface area contributed by atoms with E-state index in [9.17, 15) is 0 Å². The number of fused-ring (bicyclic) bond motifs is 1. The molecule has 2 aromatic heterocycles. The summed E-state index contributed by atoms with van der Waals surface area (Å²) in [6.45, 7) is 1.98. The second-order valence-corrected chi connectivity index (χ2v) is 4.81. The fraction of sp³-hybridized carbons (Fsp3) is 0.250. The summed E-state index contributed by atoms with van der Waals surface area (Å²) in [7, 11) is 4.78. The maximum Gasteiger partial charge on any atom is 0.220 e. The van der Waals surface area contributed by atoms with Gasteiger partial charge < -0.3 is 19.2 Å². The summed E-state index contributed by atoms with van der Waals surface area (Å²) in [4.78, 5) is 12.2. The van der Waals surface area contributed by atoms with Gasteiger partial charge >= 0.3 is 0 Å². The van der Waals surface area contributed by atoms with Crippen LogP contribution in [0, 0.1) is 6.92 Å². The lowest BCUT2D eigenvalue weighted by Gasteiger charge is -2.07. The van der Waals surface area contributed by atoms with Gasteiger partial charge in [-0.25, -0.2) is 0 Å². The number of rotatable bonds is 4. The first kappa shape index (κ1) is 14.2. The van der Waals surface area contributed by atoms with Gasteiger partial charge in [0.25, 0.3) is 0 Å². The van der Waals surface area contributed by atoms with Gasteiger partial charge in [-0.15, -0.1) is 0 Å². The first-order valence-corrected chi connectivity index (χ1v) is 6.80. The maximum absolute atomic E-state index is 5.31. The predicted octanol–water partition coefficient (Wildman–Crippen LogP) is 2.96. The standard InChI is InChI=1S/C16H17N3O3/c1-9-15(11-7-10(20-2)5-6-12(11)17-9)16-18-13(21-3)8-14(19-16)22-4/h5-8,17H,1-4H3. The Morgan fingerprint density at radius 1 is 0.909 bits per heavy atom. The van der Waals surface area contributed by atoms with Crippen LogP contribution >= 0.6 is 0 Å². The molecule has 0 saturated heterocycles. The lowest BCUT2D eigenvalue weighted by atomic mass is 10.1. The van der Waals surface area contributed by atoms with Crippen LogP contribution in [0.25, 0.3) is 22.3 Å². The number of methoxy groups -OCH3 is 3. The van der Waals surface area contributed by atoms with Gasteiger partial charge in [-0.1, -0.05) is 0 Å². The van der Waals surface area contributed by atoms with Crippen molar-refractivity contribution in [3.63, 3.8) is 0 Å². The van der Waals surface area contributed by atoms with Crippen LogP contribution in [0.5, 0.6) is 17.5 Å². The minimum absolute atomic E-state index is 0.457. The first-order chi connectivity index (χ1) is 10.7. The van der Waals surface area contributed by atoms with Gasteiger partial charge in [0.05, 0.1) is 27.4 Å². The molecule has 3 aromatic rings. The molecule has 1 aromatic carbocycles. The zero-order valence-electron chi connectivity index (χ0n) is 12.9. The zero-order chi connectivity index (χ0) is 15.7. The van der Waals surface area contributed by atoms with Crippen LogP contribution in [0.3, 0.4) is 0 Å². The lowest BCUT2D eigenvalue weighted by Crippen LogP contribution is -1.97. The molecule has 0 aliphatic rings. The third-order valence-electron chi connectivity index (χ3n) is 3.51. The van der Waals surface area contributed by atoms with Crippen molar-refractivity contribution in [2.75, 3.05) is 21.3 Å². The Labute approximate surface area is 128 Å². The van der Waals surface area contributed by atoms with Crippen molar-refractivity contribution in [3.05, 3.63) is 30.0 Å². The Kier molecular flexibility index (Phi) is 3.58. The fourth-order valence-corrected chi connectivity index (χ4v) is 2.45. The van der Waals surface area contributed by atoms with Crippen molar-refractivity contribution in [2.24, 2.45) is 0 Å². The third-order valence-corrected chi connectivity index (χ3v) is 3.51. The molecular formula is C16H17N3O3. The molecule has 0 fully saturated rings. The van der Waals surface area contributed by atoms with Crippen molar-refractivity contribution < 1.29 is 14.2 Å². The first-order valence-electron chi connectivity index (χ1n) is 6.80. The summed E-state index contributed by atoms with van der Waals surface area (Å²) < 4.78 is 15.8. The molecule has 2 heterocycles.